The molecule has 0 heterocycles. The van der Waals surface area contributed by atoms with Crippen molar-refractivity contribution in [1.29, 1.82) is 5.41 Å². The van der Waals surface area contributed by atoms with E-state index >= 15 is 0 Å². The molecule has 0 atom stereocenters. The van der Waals surface area contributed by atoms with Crippen LogP contribution in [0, 0.1) is 12.3 Å². The molecule has 98 valence electrons. The van der Waals surface area contributed by atoms with E-state index in [1.165, 1.54) is 30.0 Å². The molecule has 0 bridgehead atoms. The van der Waals surface area contributed by atoms with E-state index in [0.29, 0.717) is 5.92 Å². The monoisotopic (exact) mass is 245 g/mol. The van der Waals surface area contributed by atoms with E-state index in [1.54, 1.807) is 0 Å². The molecule has 18 heavy (non-hydrogen) atoms. The molecule has 0 aromatic heterocycles. The maximum Gasteiger partial charge on any atom is 0.0609 e. The van der Waals surface area contributed by atoms with E-state index in [-0.39, 0.29) is 6.61 Å². The molecular formula is C16H23NO. The topological polar surface area (TPSA) is 44.1 Å². The second-order valence-corrected chi connectivity index (χ2v) is 4.76. The number of aliphatic hydroxyl groups excluding tert-OH is 1. The Morgan fingerprint density at radius 1 is 1.28 bits per heavy atom. The van der Waals surface area contributed by atoms with Crippen molar-refractivity contribution in [3.05, 3.63) is 48.0 Å². The van der Waals surface area contributed by atoms with Gasteiger partial charge in [-0.3, -0.25) is 0 Å². The largest absolute Gasteiger partial charge is 0.392 e. The van der Waals surface area contributed by atoms with Crippen LogP contribution >= 0.6 is 0 Å². The maximum absolute atomic E-state index is 7.76. The highest BCUT2D eigenvalue weighted by atomic mass is 16.2. The lowest BCUT2D eigenvalue weighted by Crippen LogP contribution is -2.11. The number of hydrogen-bond acceptors (Lipinski definition) is 2. The minimum absolute atomic E-state index is 0.0833. The van der Waals surface area contributed by atoms with Crippen molar-refractivity contribution < 1.29 is 5.11 Å². The molecule has 0 amide bonds. The minimum Gasteiger partial charge on any atom is -0.392 e. The Balaban J connectivity index is 0.000000357. The van der Waals surface area contributed by atoms with Crippen LogP contribution in [0.3, 0.4) is 0 Å². The fourth-order valence-corrected chi connectivity index (χ4v) is 2.14. The first kappa shape index (κ1) is 14.7. The number of rotatable bonds is 2. The van der Waals surface area contributed by atoms with Gasteiger partial charge in [-0.1, -0.05) is 35.9 Å². The summed E-state index contributed by atoms with van der Waals surface area (Å²) < 4.78 is 0. The Kier molecular flexibility index (Phi) is 6.37. The molecule has 2 heteroatoms. The standard InChI is InChI=1S/C13H17N.C3H6O/c1-10-2-4-11(5-3-10)12-6-8-13(14)9-7-12;1-2-3-4/h2-5,12,14H,6-9H2,1H3;2,4H,1,3H2. The zero-order valence-electron chi connectivity index (χ0n) is 11.2. The fourth-order valence-electron chi connectivity index (χ4n) is 2.14. The van der Waals surface area contributed by atoms with Gasteiger partial charge in [-0.05, 0) is 44.1 Å². The van der Waals surface area contributed by atoms with Gasteiger partial charge >= 0.3 is 0 Å². The van der Waals surface area contributed by atoms with Crippen molar-refractivity contribution in [2.45, 2.75) is 38.5 Å². The highest BCUT2D eigenvalue weighted by Gasteiger charge is 2.17. The van der Waals surface area contributed by atoms with Crippen LogP contribution < -0.4 is 0 Å². The van der Waals surface area contributed by atoms with Crippen LogP contribution in [0.4, 0.5) is 0 Å². The van der Waals surface area contributed by atoms with Gasteiger partial charge in [0, 0.05) is 5.71 Å². The van der Waals surface area contributed by atoms with Crippen LogP contribution in [0.15, 0.2) is 36.9 Å². The highest BCUT2D eigenvalue weighted by molar-refractivity contribution is 5.82. The predicted molar refractivity (Wildman–Crippen MR) is 77.4 cm³/mol. The van der Waals surface area contributed by atoms with Crippen LogP contribution in [0.25, 0.3) is 0 Å². The first-order chi connectivity index (χ1) is 8.67. The van der Waals surface area contributed by atoms with Crippen molar-refractivity contribution in [2.24, 2.45) is 0 Å². The average molecular weight is 245 g/mol. The van der Waals surface area contributed by atoms with Gasteiger partial charge in [0.2, 0.25) is 0 Å². The van der Waals surface area contributed by atoms with Crippen molar-refractivity contribution in [1.82, 2.24) is 0 Å². The van der Waals surface area contributed by atoms with E-state index < -0.39 is 0 Å². The van der Waals surface area contributed by atoms with Gasteiger partial charge in [-0.2, -0.15) is 0 Å². The van der Waals surface area contributed by atoms with Gasteiger partial charge in [-0.15, -0.1) is 6.58 Å². The molecule has 1 aliphatic carbocycles. The van der Waals surface area contributed by atoms with E-state index in [1.807, 2.05) is 0 Å². The molecule has 1 fully saturated rings. The third-order valence-electron chi connectivity index (χ3n) is 3.27. The first-order valence-electron chi connectivity index (χ1n) is 6.52. The summed E-state index contributed by atoms with van der Waals surface area (Å²) in [6.45, 7) is 5.44. The van der Waals surface area contributed by atoms with Gasteiger partial charge in [0.25, 0.3) is 0 Å². The molecule has 2 N–H and O–H groups in total. The molecule has 1 aliphatic rings. The van der Waals surface area contributed by atoms with Crippen LogP contribution in [0.5, 0.6) is 0 Å². The van der Waals surface area contributed by atoms with Gasteiger partial charge in [0.1, 0.15) is 0 Å². The van der Waals surface area contributed by atoms with E-state index in [0.717, 1.165) is 18.6 Å². The molecule has 2 rings (SSSR count). The lowest BCUT2D eigenvalue weighted by molar-refractivity contribution is 0.343. The fraction of sp³-hybridized carbons (Fsp3) is 0.438. The summed E-state index contributed by atoms with van der Waals surface area (Å²) in [5, 5.41) is 15.3. The molecule has 0 unspecified atom stereocenters. The molecule has 0 radical (unpaired) electrons. The van der Waals surface area contributed by atoms with E-state index in [2.05, 4.69) is 37.8 Å². The SMILES string of the molecule is C=CCO.Cc1ccc(C2CCC(=N)CC2)cc1. The summed E-state index contributed by atoms with van der Waals surface area (Å²) in [5.74, 6) is 0.699. The highest BCUT2D eigenvalue weighted by Crippen LogP contribution is 2.31. The van der Waals surface area contributed by atoms with Crippen molar-refractivity contribution in [3.8, 4) is 0 Å². The summed E-state index contributed by atoms with van der Waals surface area (Å²) in [5.41, 5.74) is 3.73. The van der Waals surface area contributed by atoms with Crippen LogP contribution in [-0.4, -0.2) is 17.4 Å². The molecule has 1 aromatic carbocycles. The van der Waals surface area contributed by atoms with Crippen molar-refractivity contribution in [3.63, 3.8) is 0 Å². The number of aliphatic hydroxyl groups is 1. The van der Waals surface area contributed by atoms with Gasteiger partial charge in [-0.25, -0.2) is 0 Å². The second kappa shape index (κ2) is 7.83. The smallest absolute Gasteiger partial charge is 0.0609 e. The number of benzene rings is 1. The van der Waals surface area contributed by atoms with Gasteiger partial charge in [0.15, 0.2) is 0 Å². The van der Waals surface area contributed by atoms with Gasteiger partial charge < -0.3 is 10.5 Å². The summed E-state index contributed by atoms with van der Waals surface area (Å²) in [6.07, 6.45) is 5.76. The molecule has 0 saturated heterocycles. The number of hydrogen-bond donors (Lipinski definition) is 2. The molecule has 1 aromatic rings. The molecule has 0 aliphatic heterocycles. The Morgan fingerprint density at radius 3 is 2.22 bits per heavy atom. The summed E-state index contributed by atoms with van der Waals surface area (Å²) in [6, 6.07) is 8.87. The first-order valence-corrected chi connectivity index (χ1v) is 6.52. The average Bonchev–Trinajstić information content (AvgIpc) is 2.41. The van der Waals surface area contributed by atoms with Crippen LogP contribution in [0.1, 0.15) is 42.7 Å². The predicted octanol–water partition coefficient (Wildman–Crippen LogP) is 3.84. The molecule has 2 nitrogen and oxygen atoms in total. The quantitative estimate of drug-likeness (QED) is 0.764. The summed E-state index contributed by atoms with van der Waals surface area (Å²) in [4.78, 5) is 0. The van der Waals surface area contributed by atoms with Crippen molar-refractivity contribution >= 4 is 5.71 Å². The van der Waals surface area contributed by atoms with Gasteiger partial charge in [0.05, 0.1) is 6.61 Å². The normalized spacial score (nSPS) is 18.8. The Labute approximate surface area is 110 Å². The Hall–Kier alpha value is -1.41. The summed E-state index contributed by atoms with van der Waals surface area (Å²) in [7, 11) is 0. The Bertz CT molecular complexity index is 371. The van der Waals surface area contributed by atoms with Crippen molar-refractivity contribution in [2.75, 3.05) is 6.61 Å². The lowest BCUT2D eigenvalue weighted by atomic mass is 9.83. The third kappa shape index (κ3) is 4.84. The lowest BCUT2D eigenvalue weighted by Gasteiger charge is -2.22. The maximum atomic E-state index is 7.76. The third-order valence-corrected chi connectivity index (χ3v) is 3.27. The minimum atomic E-state index is 0.0833. The molecule has 0 spiro atoms. The number of aryl methyl sites for hydroxylation is 1. The Morgan fingerprint density at radius 2 is 1.78 bits per heavy atom. The molecular weight excluding hydrogens is 222 g/mol. The zero-order valence-corrected chi connectivity index (χ0v) is 11.2. The molecule has 1 saturated carbocycles. The second-order valence-electron chi connectivity index (χ2n) is 4.76. The van der Waals surface area contributed by atoms with E-state index in [4.69, 9.17) is 10.5 Å². The van der Waals surface area contributed by atoms with E-state index in [9.17, 15) is 0 Å². The van der Waals surface area contributed by atoms with Crippen LogP contribution in [-0.2, 0) is 0 Å². The number of nitrogens with one attached hydrogen (secondary N) is 1. The zero-order chi connectivity index (χ0) is 13.4. The summed E-state index contributed by atoms with van der Waals surface area (Å²) >= 11 is 0. The van der Waals surface area contributed by atoms with Crippen LogP contribution in [0.2, 0.25) is 0 Å².